The maximum Gasteiger partial charge on any atom is 0.355 e. The number of esters is 1. The molecule has 0 radical (unpaired) electrons. The standard InChI is InChI=1S/C26H21N3O7S/c1-34-19-10-6-17(7-11-19)14-36-26(31)23-20(21-3-2-12-35-21)15-37-25-22(24(30)28(23)25)27-13-16-4-8-18(9-5-16)29(32)33/h2-13,22,25H,14-15H2,1H3/b27-13+/t22-,25-/m1/s1. The Morgan fingerprint density at radius 3 is 2.62 bits per heavy atom. The number of carbonyl (C=O) groups is 2. The number of thioether (sulfide) groups is 1. The SMILES string of the molecule is COc1ccc(COC(=O)C2=C(c3ccco3)CS[C@@H]3[C@H](/N=C/c4ccc([N+](=O)[O-])cc4)C(=O)N23)cc1. The van der Waals surface area contributed by atoms with Crippen molar-refractivity contribution < 1.29 is 28.4 Å². The molecule has 2 atom stereocenters. The number of nitrogens with zero attached hydrogens (tertiary/aromatic N) is 3. The van der Waals surface area contributed by atoms with Gasteiger partial charge in [-0.25, -0.2) is 4.79 Å². The van der Waals surface area contributed by atoms with Gasteiger partial charge < -0.3 is 13.9 Å². The van der Waals surface area contributed by atoms with Crippen molar-refractivity contribution in [2.24, 2.45) is 4.99 Å². The molecule has 0 N–H and O–H groups in total. The highest BCUT2D eigenvalue weighted by atomic mass is 32.2. The number of ether oxygens (including phenoxy) is 2. The number of nitro groups is 1. The van der Waals surface area contributed by atoms with Gasteiger partial charge >= 0.3 is 5.97 Å². The molecule has 1 saturated heterocycles. The van der Waals surface area contributed by atoms with E-state index < -0.39 is 16.9 Å². The lowest BCUT2D eigenvalue weighted by molar-refractivity contribution is -0.384. The third-order valence-electron chi connectivity index (χ3n) is 5.97. The quantitative estimate of drug-likeness (QED) is 0.144. The average molecular weight is 520 g/mol. The van der Waals surface area contributed by atoms with Crippen molar-refractivity contribution in [3.05, 3.63) is 99.6 Å². The van der Waals surface area contributed by atoms with Gasteiger partial charge in [0.2, 0.25) is 0 Å². The van der Waals surface area contributed by atoms with Gasteiger partial charge in [-0.15, -0.1) is 11.8 Å². The largest absolute Gasteiger partial charge is 0.497 e. The van der Waals surface area contributed by atoms with E-state index in [1.165, 1.54) is 41.3 Å². The number of rotatable bonds is 8. The van der Waals surface area contributed by atoms with Gasteiger partial charge in [0, 0.05) is 29.7 Å². The summed E-state index contributed by atoms with van der Waals surface area (Å²) in [5.41, 5.74) is 2.11. The van der Waals surface area contributed by atoms with Crippen LogP contribution in [0.25, 0.3) is 5.57 Å². The van der Waals surface area contributed by atoms with Crippen LogP contribution in [0.2, 0.25) is 0 Å². The molecule has 0 unspecified atom stereocenters. The molecule has 11 heteroatoms. The van der Waals surface area contributed by atoms with Crippen molar-refractivity contribution >= 4 is 41.1 Å². The summed E-state index contributed by atoms with van der Waals surface area (Å²) in [7, 11) is 1.57. The molecule has 3 aromatic rings. The van der Waals surface area contributed by atoms with Crippen LogP contribution < -0.4 is 4.74 Å². The van der Waals surface area contributed by atoms with Crippen LogP contribution in [0.5, 0.6) is 5.75 Å². The maximum atomic E-state index is 13.3. The van der Waals surface area contributed by atoms with E-state index in [0.29, 0.717) is 28.4 Å². The Morgan fingerprint density at radius 2 is 1.97 bits per heavy atom. The zero-order valence-electron chi connectivity index (χ0n) is 19.6. The lowest BCUT2D eigenvalue weighted by Crippen LogP contribution is -2.64. The number of nitro benzene ring substituents is 1. The molecule has 0 spiro atoms. The molecule has 3 heterocycles. The monoisotopic (exact) mass is 519 g/mol. The Labute approximate surface area is 215 Å². The molecule has 0 bridgehead atoms. The lowest BCUT2D eigenvalue weighted by atomic mass is 10.0. The highest BCUT2D eigenvalue weighted by Crippen LogP contribution is 2.44. The number of aliphatic imine (C=N–C) groups is 1. The third-order valence-corrected chi connectivity index (χ3v) is 7.23. The smallest absolute Gasteiger partial charge is 0.355 e. The van der Waals surface area contributed by atoms with E-state index in [0.717, 1.165) is 5.56 Å². The van der Waals surface area contributed by atoms with E-state index in [-0.39, 0.29) is 29.3 Å². The fraction of sp³-hybridized carbons (Fsp3) is 0.192. The minimum Gasteiger partial charge on any atom is -0.497 e. The molecular formula is C26H21N3O7S. The number of carbonyl (C=O) groups excluding carboxylic acids is 2. The van der Waals surface area contributed by atoms with E-state index in [1.807, 2.05) is 0 Å². The van der Waals surface area contributed by atoms with Crippen LogP contribution in [0.4, 0.5) is 5.69 Å². The normalized spacial score (nSPS) is 18.9. The van der Waals surface area contributed by atoms with Gasteiger partial charge in [0.25, 0.3) is 11.6 Å². The zero-order chi connectivity index (χ0) is 25.9. The van der Waals surface area contributed by atoms with E-state index in [1.54, 1.807) is 55.6 Å². The lowest BCUT2D eigenvalue weighted by Gasteiger charge is -2.47. The molecule has 0 saturated carbocycles. The molecule has 188 valence electrons. The summed E-state index contributed by atoms with van der Waals surface area (Å²) in [6.07, 6.45) is 3.02. The van der Waals surface area contributed by atoms with Crippen LogP contribution >= 0.6 is 11.8 Å². The summed E-state index contributed by atoms with van der Waals surface area (Å²) in [6.45, 7) is 0.0271. The number of hydrogen-bond donors (Lipinski definition) is 0. The topological polar surface area (TPSA) is 124 Å². The Morgan fingerprint density at radius 1 is 1.22 bits per heavy atom. The van der Waals surface area contributed by atoms with Crippen LogP contribution in [0.1, 0.15) is 16.9 Å². The van der Waals surface area contributed by atoms with E-state index in [9.17, 15) is 19.7 Å². The molecule has 1 amide bonds. The second kappa shape index (κ2) is 10.3. The molecule has 10 nitrogen and oxygen atoms in total. The van der Waals surface area contributed by atoms with Gasteiger partial charge in [0.05, 0.1) is 18.3 Å². The number of fused-ring (bicyclic) bond motifs is 1. The first-order chi connectivity index (χ1) is 18.0. The number of furan rings is 1. The van der Waals surface area contributed by atoms with Gasteiger partial charge in [-0.1, -0.05) is 12.1 Å². The molecule has 2 aromatic carbocycles. The predicted molar refractivity (Wildman–Crippen MR) is 136 cm³/mol. The van der Waals surface area contributed by atoms with Gasteiger partial charge in [-0.05, 0) is 47.5 Å². The van der Waals surface area contributed by atoms with Gasteiger partial charge in [-0.2, -0.15) is 0 Å². The van der Waals surface area contributed by atoms with E-state index in [4.69, 9.17) is 13.9 Å². The molecule has 5 rings (SSSR count). The molecule has 2 aliphatic heterocycles. The fourth-order valence-electron chi connectivity index (χ4n) is 4.02. The molecule has 1 aromatic heterocycles. The van der Waals surface area contributed by atoms with Crippen LogP contribution in [-0.4, -0.2) is 52.2 Å². The predicted octanol–water partition coefficient (Wildman–Crippen LogP) is 4.05. The van der Waals surface area contributed by atoms with Crippen molar-refractivity contribution in [3.63, 3.8) is 0 Å². The first-order valence-electron chi connectivity index (χ1n) is 11.3. The van der Waals surface area contributed by atoms with Gasteiger partial charge in [0.15, 0.2) is 6.04 Å². The van der Waals surface area contributed by atoms with Crippen LogP contribution in [0, 0.1) is 10.1 Å². The van der Waals surface area contributed by atoms with Crippen molar-refractivity contribution in [3.8, 4) is 5.75 Å². The Hall–Kier alpha value is -4.38. The van der Waals surface area contributed by atoms with Crippen LogP contribution in [0.3, 0.4) is 0 Å². The molecule has 0 aliphatic carbocycles. The fourth-order valence-corrected chi connectivity index (χ4v) is 5.36. The summed E-state index contributed by atoms with van der Waals surface area (Å²) in [5, 5.41) is 10.5. The van der Waals surface area contributed by atoms with Crippen LogP contribution in [-0.2, 0) is 20.9 Å². The Balaban J connectivity index is 1.35. The molecule has 37 heavy (non-hydrogen) atoms. The number of β-lactam (4-membered cyclic amide) rings is 1. The number of amides is 1. The van der Waals surface area contributed by atoms with E-state index >= 15 is 0 Å². The highest BCUT2D eigenvalue weighted by molar-refractivity contribution is 8.00. The number of non-ortho nitro benzene ring substituents is 1. The van der Waals surface area contributed by atoms with Crippen molar-refractivity contribution in [1.82, 2.24) is 4.90 Å². The first-order valence-corrected chi connectivity index (χ1v) is 12.3. The number of methoxy groups -OCH3 is 1. The Kier molecular flexibility index (Phi) is 6.78. The summed E-state index contributed by atoms with van der Waals surface area (Å²) >= 11 is 1.47. The van der Waals surface area contributed by atoms with Crippen LogP contribution in [0.15, 0.2) is 82.0 Å². The van der Waals surface area contributed by atoms with Crippen molar-refractivity contribution in [1.29, 1.82) is 0 Å². The molecule has 1 fully saturated rings. The number of hydrogen-bond acceptors (Lipinski definition) is 9. The minimum atomic E-state index is -0.692. The summed E-state index contributed by atoms with van der Waals surface area (Å²) in [4.78, 5) is 42.6. The minimum absolute atomic E-state index is 0.0271. The first kappa shape index (κ1) is 24.3. The second-order valence-electron chi connectivity index (χ2n) is 8.21. The average Bonchev–Trinajstić information content (AvgIpc) is 3.46. The van der Waals surface area contributed by atoms with E-state index in [2.05, 4.69) is 4.99 Å². The third kappa shape index (κ3) is 4.85. The van der Waals surface area contributed by atoms with Crippen molar-refractivity contribution in [2.45, 2.75) is 18.0 Å². The van der Waals surface area contributed by atoms with Gasteiger partial charge in [-0.3, -0.25) is 24.8 Å². The summed E-state index contributed by atoms with van der Waals surface area (Å²) in [6, 6.07) is 15.8. The zero-order valence-corrected chi connectivity index (χ0v) is 20.4. The highest BCUT2D eigenvalue weighted by Gasteiger charge is 2.54. The molecule has 2 aliphatic rings. The van der Waals surface area contributed by atoms with Gasteiger partial charge in [0.1, 0.15) is 29.2 Å². The molecular weight excluding hydrogens is 498 g/mol. The Bertz CT molecular complexity index is 1380. The number of benzene rings is 2. The maximum absolute atomic E-state index is 13.3. The van der Waals surface area contributed by atoms with Crippen molar-refractivity contribution in [2.75, 3.05) is 12.9 Å². The second-order valence-corrected chi connectivity index (χ2v) is 9.32. The summed E-state index contributed by atoms with van der Waals surface area (Å²) < 4.78 is 16.3. The summed E-state index contributed by atoms with van der Waals surface area (Å²) in [5.74, 6) is 0.650.